The first kappa shape index (κ1) is 21.4. The van der Waals surface area contributed by atoms with Crippen molar-refractivity contribution in [2.75, 3.05) is 7.11 Å². The first-order chi connectivity index (χ1) is 15.3. The Morgan fingerprint density at radius 3 is 2.50 bits per heavy atom. The van der Waals surface area contributed by atoms with Gasteiger partial charge in [-0.25, -0.2) is 4.79 Å². The Morgan fingerprint density at radius 1 is 1.09 bits per heavy atom. The van der Waals surface area contributed by atoms with E-state index >= 15 is 0 Å². The van der Waals surface area contributed by atoms with Crippen molar-refractivity contribution in [3.63, 3.8) is 0 Å². The lowest BCUT2D eigenvalue weighted by Gasteiger charge is -2.56. The molecule has 3 saturated carbocycles. The minimum atomic E-state index is -1.42. The van der Waals surface area contributed by atoms with Gasteiger partial charge in [0.05, 0.1) is 18.8 Å². The lowest BCUT2D eigenvalue weighted by atomic mass is 9.46. The average molecular weight is 439 g/mol. The first-order valence-electron chi connectivity index (χ1n) is 11.6. The van der Waals surface area contributed by atoms with Crippen LogP contribution in [0.25, 0.3) is 0 Å². The number of rotatable bonds is 3. The molecular weight excluding hydrogens is 408 g/mol. The minimum Gasteiger partial charge on any atom is -0.468 e. The quantitative estimate of drug-likeness (QED) is 0.443. The predicted octanol–water partition coefficient (Wildman–Crippen LogP) is 3.05. The van der Waals surface area contributed by atoms with E-state index in [0.29, 0.717) is 12.0 Å². The Bertz CT molecular complexity index is 970. The lowest BCUT2D eigenvalue weighted by Crippen LogP contribution is -2.67. The highest BCUT2D eigenvalue weighted by Crippen LogP contribution is 2.65. The maximum absolute atomic E-state index is 14.2. The third-order valence-corrected chi connectivity index (χ3v) is 8.77. The number of ketones is 1. The molecule has 0 spiro atoms. The van der Waals surface area contributed by atoms with E-state index < -0.39 is 47.3 Å². The molecule has 3 fully saturated rings. The number of hydrogen-bond donors (Lipinski definition) is 1. The maximum atomic E-state index is 14.2. The number of aliphatic hydroxyl groups is 1. The fourth-order valence-electron chi connectivity index (χ4n) is 7.51. The normalized spacial score (nSPS) is 44.0. The Hall–Kier alpha value is -2.47. The molecule has 1 aromatic carbocycles. The number of carbonyl (C=O) groups excluding carboxylic acids is 3. The van der Waals surface area contributed by atoms with Crippen molar-refractivity contribution >= 4 is 17.7 Å². The number of Topliss-reactive ketones (excluding diaryl/α,β-unsaturated/α-hetero) is 1. The third kappa shape index (κ3) is 2.71. The zero-order chi connectivity index (χ0) is 22.8. The van der Waals surface area contributed by atoms with Crippen LogP contribution in [0.1, 0.15) is 37.0 Å². The van der Waals surface area contributed by atoms with Crippen molar-refractivity contribution in [3.05, 3.63) is 48.0 Å². The molecule has 0 aliphatic heterocycles. The minimum absolute atomic E-state index is 0.0987. The Labute approximate surface area is 188 Å². The molecule has 5 rings (SSSR count). The monoisotopic (exact) mass is 438 g/mol. The van der Waals surface area contributed by atoms with E-state index in [9.17, 15) is 19.5 Å². The Morgan fingerprint density at radius 2 is 1.81 bits per heavy atom. The number of hydrogen-bond acceptors (Lipinski definition) is 6. The zero-order valence-corrected chi connectivity index (χ0v) is 18.6. The fourth-order valence-corrected chi connectivity index (χ4v) is 7.51. The van der Waals surface area contributed by atoms with E-state index in [0.717, 1.165) is 6.42 Å². The van der Waals surface area contributed by atoms with Crippen molar-refractivity contribution in [3.8, 4) is 0 Å². The first-order valence-corrected chi connectivity index (χ1v) is 11.6. The Kier molecular flexibility index (Phi) is 5.04. The van der Waals surface area contributed by atoms with Crippen molar-refractivity contribution in [1.82, 2.24) is 0 Å². The molecule has 170 valence electrons. The molecule has 4 aliphatic carbocycles. The summed E-state index contributed by atoms with van der Waals surface area (Å²) in [4.78, 5) is 40.7. The highest BCUT2D eigenvalue weighted by molar-refractivity contribution is 6.07. The van der Waals surface area contributed by atoms with Crippen LogP contribution < -0.4 is 0 Å². The second-order valence-electron chi connectivity index (χ2n) is 10.1. The number of carbonyl (C=O) groups is 3. The summed E-state index contributed by atoms with van der Waals surface area (Å²) in [5, 5.41) is 10.6. The molecule has 6 nitrogen and oxygen atoms in total. The molecule has 32 heavy (non-hydrogen) atoms. The molecule has 10 atom stereocenters. The van der Waals surface area contributed by atoms with Gasteiger partial charge in [0.1, 0.15) is 11.5 Å². The molecule has 0 radical (unpaired) electrons. The van der Waals surface area contributed by atoms with E-state index in [-0.39, 0.29) is 29.5 Å². The second kappa shape index (κ2) is 7.55. The summed E-state index contributed by atoms with van der Waals surface area (Å²) in [6, 6.07) is 8.81. The summed E-state index contributed by atoms with van der Waals surface area (Å²) in [5.74, 6) is -2.98. The molecule has 2 bridgehead atoms. The van der Waals surface area contributed by atoms with Gasteiger partial charge < -0.3 is 14.6 Å². The standard InChI is InChI=1S/C26H30O6/c1-13-9-10-14(2)26(25(30)31-3)21(13)22(32-24(29)15-7-5-4-6-8-15)19-16-11-17(18(27)12-16)20(19)23(26)28/h4-10,13-14,16-22,27H,11-12H2,1-3H3/t13-,14+,16-,17+,18?,19?,20?,21?,22+,26?/m0/s1. The third-order valence-electron chi connectivity index (χ3n) is 8.77. The number of ether oxygens (including phenoxy) is 2. The SMILES string of the molecule is COC(=O)C12C(=O)C3C([C@@H]4CC(O)[C@H]3C4)[C@@H](OC(=O)c3ccccc3)C1[C@@H](C)C=C[C@H]2C. The van der Waals surface area contributed by atoms with E-state index in [1.54, 1.807) is 24.3 Å². The average Bonchev–Trinajstić information content (AvgIpc) is 3.36. The number of aliphatic hydroxyl groups excluding tert-OH is 1. The summed E-state index contributed by atoms with van der Waals surface area (Å²) in [5.41, 5.74) is -0.976. The summed E-state index contributed by atoms with van der Waals surface area (Å²) in [7, 11) is 1.31. The van der Waals surface area contributed by atoms with Crippen molar-refractivity contribution in [2.45, 2.75) is 38.9 Å². The molecule has 1 N–H and O–H groups in total. The molecule has 1 aromatic rings. The molecular formula is C26H30O6. The van der Waals surface area contributed by atoms with Crippen LogP contribution in [0, 0.1) is 46.8 Å². The van der Waals surface area contributed by atoms with Crippen LogP contribution in [-0.4, -0.2) is 42.1 Å². The fraction of sp³-hybridized carbons (Fsp3) is 0.577. The lowest BCUT2D eigenvalue weighted by molar-refractivity contribution is -0.193. The topological polar surface area (TPSA) is 89.9 Å². The molecule has 0 amide bonds. The van der Waals surface area contributed by atoms with Gasteiger partial charge in [-0.15, -0.1) is 0 Å². The van der Waals surface area contributed by atoms with Crippen LogP contribution >= 0.6 is 0 Å². The van der Waals surface area contributed by atoms with Crippen LogP contribution in [0.15, 0.2) is 42.5 Å². The van der Waals surface area contributed by atoms with Gasteiger partial charge in [-0.1, -0.05) is 44.2 Å². The van der Waals surface area contributed by atoms with Crippen LogP contribution in [0.3, 0.4) is 0 Å². The smallest absolute Gasteiger partial charge is 0.338 e. The van der Waals surface area contributed by atoms with Crippen LogP contribution in [0.5, 0.6) is 0 Å². The number of allylic oxidation sites excluding steroid dienone is 2. The van der Waals surface area contributed by atoms with Gasteiger partial charge in [0, 0.05) is 17.8 Å². The van der Waals surface area contributed by atoms with Crippen molar-refractivity contribution in [1.29, 1.82) is 0 Å². The second-order valence-corrected chi connectivity index (χ2v) is 10.1. The van der Waals surface area contributed by atoms with Gasteiger partial charge in [-0.05, 0) is 48.6 Å². The molecule has 0 saturated heterocycles. The molecule has 0 aromatic heterocycles. The summed E-state index contributed by atoms with van der Waals surface area (Å²) in [6.45, 7) is 3.84. The van der Waals surface area contributed by atoms with E-state index in [2.05, 4.69) is 0 Å². The summed E-state index contributed by atoms with van der Waals surface area (Å²) < 4.78 is 11.5. The van der Waals surface area contributed by atoms with Gasteiger partial charge in [0.2, 0.25) is 0 Å². The number of esters is 2. The molecule has 0 heterocycles. The highest BCUT2D eigenvalue weighted by Gasteiger charge is 2.73. The molecule has 5 unspecified atom stereocenters. The van der Waals surface area contributed by atoms with Crippen LogP contribution in [-0.2, 0) is 19.1 Å². The van der Waals surface area contributed by atoms with Gasteiger partial charge in [-0.2, -0.15) is 0 Å². The Balaban J connectivity index is 1.65. The summed E-state index contributed by atoms with van der Waals surface area (Å²) in [6.07, 6.45) is 4.10. The zero-order valence-electron chi connectivity index (χ0n) is 18.6. The van der Waals surface area contributed by atoms with Gasteiger partial charge >= 0.3 is 11.9 Å². The molecule has 4 aliphatic rings. The number of benzene rings is 1. The van der Waals surface area contributed by atoms with Crippen molar-refractivity contribution < 1.29 is 29.0 Å². The van der Waals surface area contributed by atoms with Gasteiger partial charge in [0.15, 0.2) is 5.78 Å². The van der Waals surface area contributed by atoms with E-state index in [1.807, 2.05) is 32.1 Å². The van der Waals surface area contributed by atoms with Crippen molar-refractivity contribution in [2.24, 2.45) is 46.8 Å². The van der Waals surface area contributed by atoms with Crippen LogP contribution in [0.4, 0.5) is 0 Å². The predicted molar refractivity (Wildman–Crippen MR) is 115 cm³/mol. The molecule has 6 heteroatoms. The van der Waals surface area contributed by atoms with E-state index in [4.69, 9.17) is 9.47 Å². The van der Waals surface area contributed by atoms with Gasteiger partial charge in [-0.3, -0.25) is 9.59 Å². The number of methoxy groups -OCH3 is 1. The maximum Gasteiger partial charge on any atom is 0.338 e. The van der Waals surface area contributed by atoms with E-state index in [1.165, 1.54) is 7.11 Å². The van der Waals surface area contributed by atoms with Crippen LogP contribution in [0.2, 0.25) is 0 Å². The highest BCUT2D eigenvalue weighted by atomic mass is 16.5. The largest absolute Gasteiger partial charge is 0.468 e. The van der Waals surface area contributed by atoms with Gasteiger partial charge in [0.25, 0.3) is 0 Å². The summed E-state index contributed by atoms with van der Waals surface area (Å²) >= 11 is 0. The number of fused-ring (bicyclic) bond motifs is 6.